The van der Waals surface area contributed by atoms with Crippen molar-refractivity contribution in [3.63, 3.8) is 0 Å². The average Bonchev–Trinajstić information content (AvgIpc) is 2.65. The fourth-order valence-corrected chi connectivity index (χ4v) is 3.63. The van der Waals surface area contributed by atoms with Gasteiger partial charge < -0.3 is 4.90 Å². The number of nitrogens with zero attached hydrogens (tertiary/aromatic N) is 2. The molecule has 3 rings (SSSR count). The molecule has 0 N–H and O–H groups in total. The highest BCUT2D eigenvalue weighted by molar-refractivity contribution is 5.55. The number of likely N-dealkylation sites (tertiary alicyclic amines) is 1. The quantitative estimate of drug-likeness (QED) is 0.459. The minimum Gasteiger partial charge on any atom is -0.363 e. The summed E-state index contributed by atoms with van der Waals surface area (Å²) in [4.78, 5) is 6.56. The predicted octanol–water partition coefficient (Wildman–Crippen LogP) is 4.19. The van der Waals surface area contributed by atoms with E-state index < -0.39 is 0 Å². The fourth-order valence-electron chi connectivity index (χ4n) is 3.63. The zero-order valence-corrected chi connectivity index (χ0v) is 14.0. The van der Waals surface area contributed by atoms with E-state index in [1.54, 1.807) is 0 Å². The van der Waals surface area contributed by atoms with Crippen LogP contribution < -0.4 is 0 Å². The predicted molar refractivity (Wildman–Crippen MR) is 101 cm³/mol. The Labute approximate surface area is 145 Å². The third kappa shape index (κ3) is 4.06. The van der Waals surface area contributed by atoms with Gasteiger partial charge in [-0.1, -0.05) is 66.6 Å². The first-order chi connectivity index (χ1) is 11.9. The number of benzene rings is 2. The molecule has 122 valence electrons. The summed E-state index contributed by atoms with van der Waals surface area (Å²) >= 11 is 0. The van der Waals surface area contributed by atoms with Gasteiger partial charge in [0.15, 0.2) is 0 Å². The lowest BCUT2D eigenvalue weighted by Gasteiger charge is -2.35. The van der Waals surface area contributed by atoms with E-state index >= 15 is 0 Å². The van der Waals surface area contributed by atoms with Gasteiger partial charge in [-0.15, -0.1) is 6.42 Å². The number of hydrogen-bond donors (Lipinski definition) is 0. The lowest BCUT2D eigenvalue weighted by atomic mass is 9.76. The molecule has 1 aliphatic rings. The highest BCUT2D eigenvalue weighted by Crippen LogP contribution is 2.37. The van der Waals surface area contributed by atoms with Crippen molar-refractivity contribution in [3.8, 4) is 12.3 Å². The van der Waals surface area contributed by atoms with E-state index in [2.05, 4.69) is 76.5 Å². The molecular formula is C22H24N2. The fraction of sp³-hybridized carbons (Fsp3) is 0.318. The molecule has 0 aliphatic carbocycles. The second kappa shape index (κ2) is 8.36. The van der Waals surface area contributed by atoms with Crippen LogP contribution in [0.1, 0.15) is 29.9 Å². The van der Waals surface area contributed by atoms with E-state index in [9.17, 15) is 0 Å². The maximum absolute atomic E-state index is 5.25. The molecule has 0 saturated carbocycles. The summed E-state index contributed by atoms with van der Waals surface area (Å²) in [5, 5.41) is 0. The topological polar surface area (TPSA) is 15.6 Å². The largest absolute Gasteiger partial charge is 0.363 e. The molecular weight excluding hydrogens is 292 g/mol. The zero-order chi connectivity index (χ0) is 16.6. The number of piperidine rings is 1. The second-order valence-electron chi connectivity index (χ2n) is 6.33. The Morgan fingerprint density at radius 3 is 2.04 bits per heavy atom. The number of rotatable bonds is 5. The molecule has 0 spiro atoms. The van der Waals surface area contributed by atoms with Crippen LogP contribution in [0.25, 0.3) is 0 Å². The summed E-state index contributed by atoms with van der Waals surface area (Å²) in [5.74, 6) is 3.68. The molecule has 0 unspecified atom stereocenters. The molecule has 0 bridgehead atoms. The molecule has 24 heavy (non-hydrogen) atoms. The van der Waals surface area contributed by atoms with Crippen LogP contribution in [-0.2, 0) is 0 Å². The Morgan fingerprint density at radius 2 is 1.54 bits per heavy atom. The molecule has 1 heterocycles. The van der Waals surface area contributed by atoms with Crippen molar-refractivity contribution in [3.05, 3.63) is 71.8 Å². The highest BCUT2D eigenvalue weighted by atomic mass is 15.1. The zero-order valence-electron chi connectivity index (χ0n) is 14.0. The van der Waals surface area contributed by atoms with Crippen molar-refractivity contribution in [1.82, 2.24) is 4.90 Å². The molecule has 2 heteroatoms. The molecule has 0 aromatic heterocycles. The smallest absolute Gasteiger partial charge is 0.101 e. The Hall–Kier alpha value is -2.53. The Bertz CT molecular complexity index is 637. The van der Waals surface area contributed by atoms with E-state index in [0.29, 0.717) is 18.4 Å². The van der Waals surface area contributed by atoms with Gasteiger partial charge in [0, 0.05) is 19.0 Å². The maximum Gasteiger partial charge on any atom is 0.101 e. The molecule has 1 fully saturated rings. The van der Waals surface area contributed by atoms with Gasteiger partial charge in [-0.25, -0.2) is 0 Å². The Morgan fingerprint density at radius 1 is 1.00 bits per heavy atom. The van der Waals surface area contributed by atoms with Crippen LogP contribution in [-0.4, -0.2) is 30.9 Å². The number of terminal acetylenes is 1. The van der Waals surface area contributed by atoms with Crippen molar-refractivity contribution in [2.24, 2.45) is 10.9 Å². The van der Waals surface area contributed by atoms with E-state index in [4.69, 9.17) is 6.42 Å². The second-order valence-corrected chi connectivity index (χ2v) is 6.33. The van der Waals surface area contributed by atoms with Crippen molar-refractivity contribution in [1.29, 1.82) is 0 Å². The van der Waals surface area contributed by atoms with Gasteiger partial charge in [-0.2, -0.15) is 0 Å². The number of hydrogen-bond acceptors (Lipinski definition) is 1. The van der Waals surface area contributed by atoms with Crippen molar-refractivity contribution in [2.75, 3.05) is 19.6 Å². The van der Waals surface area contributed by atoms with Crippen molar-refractivity contribution < 1.29 is 0 Å². The van der Waals surface area contributed by atoms with Crippen LogP contribution in [0.15, 0.2) is 65.7 Å². The number of aliphatic imine (C=N–C) groups is 1. The van der Waals surface area contributed by atoms with Gasteiger partial charge in [0.1, 0.15) is 6.54 Å². The summed E-state index contributed by atoms with van der Waals surface area (Å²) in [6, 6.07) is 21.8. The average molecular weight is 316 g/mol. The van der Waals surface area contributed by atoms with Gasteiger partial charge in [0.25, 0.3) is 0 Å². The standard InChI is InChI=1S/C22H24N2/c1-2-15-23-18-24-16-13-21(14-17-24)22(19-9-5-3-6-10-19)20-11-7-4-8-12-20/h1,3-12,18,21-22H,13-17H2/b23-18+. The molecule has 0 amide bonds. The van der Waals surface area contributed by atoms with E-state index in [0.717, 1.165) is 13.1 Å². The first-order valence-electron chi connectivity index (χ1n) is 8.66. The Balaban J connectivity index is 1.75. The van der Waals surface area contributed by atoms with Gasteiger partial charge in [-0.05, 0) is 29.9 Å². The van der Waals surface area contributed by atoms with Crippen LogP contribution in [0.2, 0.25) is 0 Å². The highest BCUT2D eigenvalue weighted by Gasteiger charge is 2.28. The van der Waals surface area contributed by atoms with E-state index in [1.807, 2.05) is 6.34 Å². The van der Waals surface area contributed by atoms with Crippen LogP contribution in [0.5, 0.6) is 0 Å². The summed E-state index contributed by atoms with van der Waals surface area (Å²) in [6.45, 7) is 2.57. The summed E-state index contributed by atoms with van der Waals surface area (Å²) < 4.78 is 0. The molecule has 0 atom stereocenters. The maximum atomic E-state index is 5.25. The summed E-state index contributed by atoms with van der Waals surface area (Å²) in [5.41, 5.74) is 2.84. The first-order valence-corrected chi connectivity index (χ1v) is 8.66. The van der Waals surface area contributed by atoms with Crippen LogP contribution in [0.3, 0.4) is 0 Å². The first kappa shape index (κ1) is 16.3. The summed E-state index contributed by atoms with van der Waals surface area (Å²) in [7, 11) is 0. The molecule has 2 aromatic carbocycles. The minimum atomic E-state index is 0.469. The summed E-state index contributed by atoms with van der Waals surface area (Å²) in [6.07, 6.45) is 9.53. The van der Waals surface area contributed by atoms with E-state index in [-0.39, 0.29) is 0 Å². The third-order valence-electron chi connectivity index (χ3n) is 4.79. The monoisotopic (exact) mass is 316 g/mol. The molecule has 2 nitrogen and oxygen atoms in total. The Kier molecular flexibility index (Phi) is 5.69. The molecule has 1 aliphatic heterocycles. The van der Waals surface area contributed by atoms with Gasteiger partial charge in [0.2, 0.25) is 0 Å². The molecule has 1 saturated heterocycles. The van der Waals surface area contributed by atoms with Crippen molar-refractivity contribution in [2.45, 2.75) is 18.8 Å². The lowest BCUT2D eigenvalue weighted by molar-refractivity contribution is 0.254. The lowest BCUT2D eigenvalue weighted by Crippen LogP contribution is -2.35. The van der Waals surface area contributed by atoms with Crippen LogP contribution in [0, 0.1) is 18.3 Å². The molecule has 0 radical (unpaired) electrons. The van der Waals surface area contributed by atoms with E-state index in [1.165, 1.54) is 24.0 Å². The van der Waals surface area contributed by atoms with Gasteiger partial charge in [-0.3, -0.25) is 4.99 Å². The van der Waals surface area contributed by atoms with Gasteiger partial charge >= 0.3 is 0 Å². The minimum absolute atomic E-state index is 0.469. The van der Waals surface area contributed by atoms with Crippen LogP contribution >= 0.6 is 0 Å². The molecule has 2 aromatic rings. The van der Waals surface area contributed by atoms with Gasteiger partial charge in [0.05, 0.1) is 6.34 Å². The van der Waals surface area contributed by atoms with Crippen LogP contribution in [0.4, 0.5) is 0 Å². The normalized spacial score (nSPS) is 15.8. The third-order valence-corrected chi connectivity index (χ3v) is 4.79. The van der Waals surface area contributed by atoms with Crippen molar-refractivity contribution >= 4 is 6.34 Å². The SMILES string of the molecule is C#CC/N=C/N1CCC(C(c2ccccc2)c2ccccc2)CC1.